The van der Waals surface area contributed by atoms with Gasteiger partial charge in [0.1, 0.15) is 5.75 Å². The van der Waals surface area contributed by atoms with Crippen LogP contribution < -0.4 is 15.3 Å². The molecule has 0 N–H and O–H groups in total. The number of hydrogen-bond acceptors (Lipinski definition) is 1. The molecule has 3 rings (SSSR count). The number of hydrogen-bond donors (Lipinski definition) is 0. The summed E-state index contributed by atoms with van der Waals surface area (Å²) in [5.74, 6) is 0.924. The summed E-state index contributed by atoms with van der Waals surface area (Å²) in [5.41, 5.74) is 5.07. The van der Waals surface area contributed by atoms with Crippen molar-refractivity contribution in [3.63, 3.8) is 0 Å². The number of aryl methyl sites for hydroxylation is 1. The molecule has 0 saturated heterocycles. The first kappa shape index (κ1) is 22.2. The van der Waals surface area contributed by atoms with Gasteiger partial charge in [0.05, 0.1) is 7.11 Å². The molecule has 1 aromatic heterocycles. The van der Waals surface area contributed by atoms with Gasteiger partial charge >= 0.3 is 0 Å². The van der Waals surface area contributed by atoms with Gasteiger partial charge in [0.15, 0.2) is 0 Å². The highest BCUT2D eigenvalue weighted by Crippen LogP contribution is 2.37. The van der Waals surface area contributed by atoms with Crippen LogP contribution in [0.3, 0.4) is 0 Å². The van der Waals surface area contributed by atoms with Crippen LogP contribution in [0.2, 0.25) is 0 Å². The molecule has 0 atom stereocenters. The van der Waals surface area contributed by atoms with Gasteiger partial charge in [-0.3, -0.25) is 0 Å². The topological polar surface area (TPSA) is 14.2 Å². The molecular weight excluding hydrogens is 366 g/mol. The van der Waals surface area contributed by atoms with E-state index < -0.39 is 0 Å². The molecule has 1 aromatic carbocycles. The molecule has 1 heterocycles. The fourth-order valence-corrected chi connectivity index (χ4v) is 4.70. The van der Waals surface area contributed by atoms with Crippen LogP contribution >= 0.6 is 0 Å². The first-order chi connectivity index (χ1) is 14.4. The molecule has 1 fully saturated rings. The molecule has 2 nitrogen and oxygen atoms in total. The lowest BCUT2D eigenvalue weighted by Crippen LogP contribution is -2.35. The molecule has 0 spiro atoms. The van der Waals surface area contributed by atoms with Gasteiger partial charge in [0, 0.05) is 28.9 Å². The van der Waals surface area contributed by atoms with E-state index in [1.54, 1.807) is 7.11 Å². The number of nitrogens with zero attached hydrogens (tertiary/aromatic N) is 1. The lowest BCUT2D eigenvalue weighted by Gasteiger charge is -2.34. The zero-order valence-corrected chi connectivity index (χ0v) is 19.4. The third kappa shape index (κ3) is 4.80. The molecule has 2 aromatic rings. The second kappa shape index (κ2) is 9.55. The molecule has 0 unspecified atom stereocenters. The van der Waals surface area contributed by atoms with E-state index in [-0.39, 0.29) is 0 Å². The maximum atomic E-state index is 5.58. The van der Waals surface area contributed by atoms with Crippen LogP contribution in [0.15, 0.2) is 48.2 Å². The van der Waals surface area contributed by atoms with Crippen molar-refractivity contribution < 1.29 is 4.74 Å². The fourth-order valence-electron chi connectivity index (χ4n) is 4.70. The smallest absolute Gasteiger partial charge is 0.122 e. The monoisotopic (exact) mass is 403 g/mol. The van der Waals surface area contributed by atoms with E-state index in [1.807, 2.05) is 0 Å². The van der Waals surface area contributed by atoms with Crippen molar-refractivity contribution in [3.8, 4) is 16.9 Å². The third-order valence-corrected chi connectivity index (χ3v) is 6.56. The van der Waals surface area contributed by atoms with Crippen LogP contribution in [0.5, 0.6) is 5.75 Å². The Hall–Kier alpha value is -2.48. The van der Waals surface area contributed by atoms with E-state index >= 15 is 0 Å². The Kier molecular flexibility index (Phi) is 7.07. The zero-order valence-electron chi connectivity index (χ0n) is 19.4. The van der Waals surface area contributed by atoms with Gasteiger partial charge in [-0.2, -0.15) is 0 Å². The van der Waals surface area contributed by atoms with Gasteiger partial charge in [-0.15, -0.1) is 0 Å². The largest absolute Gasteiger partial charge is 0.496 e. The van der Waals surface area contributed by atoms with E-state index in [0.717, 1.165) is 28.6 Å². The van der Waals surface area contributed by atoms with Crippen molar-refractivity contribution in [2.45, 2.75) is 66.3 Å². The van der Waals surface area contributed by atoms with Gasteiger partial charge in [0.2, 0.25) is 0 Å². The second-order valence-electron chi connectivity index (χ2n) is 9.02. The van der Waals surface area contributed by atoms with E-state index in [1.165, 1.54) is 48.6 Å². The van der Waals surface area contributed by atoms with Crippen molar-refractivity contribution in [2.75, 3.05) is 7.11 Å². The SMILES string of the molecule is C=c1c(-c2ccc(C)c(OC)c2)cn(CC2(C)CCCCC2)/c1=C/C(/C=C\C)=C\C. The summed E-state index contributed by atoms with van der Waals surface area (Å²) >= 11 is 0. The first-order valence-corrected chi connectivity index (χ1v) is 11.2. The molecule has 160 valence electrons. The maximum Gasteiger partial charge on any atom is 0.122 e. The number of benzene rings is 1. The molecule has 30 heavy (non-hydrogen) atoms. The van der Waals surface area contributed by atoms with Gasteiger partial charge in [0.25, 0.3) is 0 Å². The van der Waals surface area contributed by atoms with Crippen LogP contribution in [0, 0.1) is 12.3 Å². The minimum Gasteiger partial charge on any atom is -0.496 e. The van der Waals surface area contributed by atoms with E-state index in [4.69, 9.17) is 4.74 Å². The van der Waals surface area contributed by atoms with Gasteiger partial charge in [-0.1, -0.05) is 63.1 Å². The molecule has 0 amide bonds. The van der Waals surface area contributed by atoms with Crippen LogP contribution in [0.1, 0.15) is 58.4 Å². The number of methoxy groups -OCH3 is 1. The summed E-state index contributed by atoms with van der Waals surface area (Å²) < 4.78 is 8.03. The van der Waals surface area contributed by atoms with Crippen molar-refractivity contribution in [1.82, 2.24) is 4.57 Å². The van der Waals surface area contributed by atoms with Crippen LogP contribution in [-0.2, 0) is 6.54 Å². The summed E-state index contributed by atoms with van der Waals surface area (Å²) in [5, 5.41) is 2.30. The van der Waals surface area contributed by atoms with Gasteiger partial charge < -0.3 is 9.30 Å². The third-order valence-electron chi connectivity index (χ3n) is 6.56. The zero-order chi connectivity index (χ0) is 21.7. The minimum absolute atomic E-state index is 0.352. The summed E-state index contributed by atoms with van der Waals surface area (Å²) in [6.07, 6.45) is 17.7. The molecule has 0 aliphatic heterocycles. The quantitative estimate of drug-likeness (QED) is 0.527. The first-order valence-electron chi connectivity index (χ1n) is 11.2. The van der Waals surface area contributed by atoms with Gasteiger partial charge in [-0.25, -0.2) is 0 Å². The van der Waals surface area contributed by atoms with E-state index in [2.05, 4.69) is 87.5 Å². The standard InChI is InChI=1S/C28H37NO/c1-7-12-23(8-2)17-26-22(4)25(24-14-13-21(3)27(18-24)30-6)19-29(26)20-28(5)15-10-9-11-16-28/h7-8,12-14,17-19H,4,9-11,15-16,20H2,1-3,5-6H3/b12-7-,23-8-,26-17+. The van der Waals surface area contributed by atoms with E-state index in [0.29, 0.717) is 5.41 Å². The Morgan fingerprint density at radius 3 is 2.57 bits per heavy atom. The molecule has 2 heteroatoms. The van der Waals surface area contributed by atoms with Crippen molar-refractivity contribution in [1.29, 1.82) is 0 Å². The van der Waals surface area contributed by atoms with Crippen LogP contribution in [0.4, 0.5) is 0 Å². The summed E-state index contributed by atoms with van der Waals surface area (Å²) in [6, 6.07) is 6.45. The summed E-state index contributed by atoms with van der Waals surface area (Å²) in [4.78, 5) is 0. The summed E-state index contributed by atoms with van der Waals surface area (Å²) in [7, 11) is 1.74. The average molecular weight is 404 g/mol. The number of rotatable bonds is 6. The van der Waals surface area contributed by atoms with Gasteiger partial charge in [-0.05, 0) is 67.9 Å². The highest BCUT2D eigenvalue weighted by molar-refractivity contribution is 5.68. The predicted molar refractivity (Wildman–Crippen MR) is 130 cm³/mol. The molecule has 0 bridgehead atoms. The Balaban J connectivity index is 2.16. The molecule has 0 radical (unpaired) electrons. The highest BCUT2D eigenvalue weighted by atomic mass is 16.5. The molecule has 1 saturated carbocycles. The Bertz CT molecular complexity index is 1050. The lowest BCUT2D eigenvalue weighted by molar-refractivity contribution is 0.182. The van der Waals surface area contributed by atoms with Crippen molar-refractivity contribution in [2.24, 2.45) is 5.41 Å². The Labute approximate surface area is 182 Å². The van der Waals surface area contributed by atoms with E-state index in [9.17, 15) is 0 Å². The number of aromatic nitrogens is 1. The van der Waals surface area contributed by atoms with Crippen molar-refractivity contribution >= 4 is 12.7 Å². The summed E-state index contributed by atoms with van der Waals surface area (Å²) in [6.45, 7) is 14.2. The Morgan fingerprint density at radius 1 is 1.20 bits per heavy atom. The minimum atomic E-state index is 0.352. The maximum absolute atomic E-state index is 5.58. The predicted octanol–water partition coefficient (Wildman–Crippen LogP) is 6.16. The number of ether oxygens (including phenoxy) is 1. The Morgan fingerprint density at radius 2 is 1.93 bits per heavy atom. The van der Waals surface area contributed by atoms with Crippen LogP contribution in [0.25, 0.3) is 23.8 Å². The molecule has 1 aliphatic rings. The average Bonchev–Trinajstić information content (AvgIpc) is 3.03. The van der Waals surface area contributed by atoms with Crippen LogP contribution in [-0.4, -0.2) is 11.7 Å². The molecule has 1 aliphatic carbocycles. The lowest BCUT2D eigenvalue weighted by atomic mass is 9.75. The normalized spacial score (nSPS) is 17.6. The van der Waals surface area contributed by atoms with Crippen molar-refractivity contribution in [3.05, 3.63) is 64.3 Å². The fraction of sp³-hybridized carbons (Fsp3) is 0.429. The molecular formula is C28H37NO. The highest BCUT2D eigenvalue weighted by Gasteiger charge is 2.27. The second-order valence-corrected chi connectivity index (χ2v) is 9.02. The number of allylic oxidation sites excluding steroid dienone is 4.